The van der Waals surface area contributed by atoms with Crippen LogP contribution in [0.3, 0.4) is 0 Å². The second kappa shape index (κ2) is 7.86. The number of halogens is 1. The van der Waals surface area contributed by atoms with Crippen LogP contribution in [0.2, 0.25) is 0 Å². The summed E-state index contributed by atoms with van der Waals surface area (Å²) < 4.78 is 5.88. The molecule has 5 heteroatoms. The number of carbonyl (C=O) groups excluding carboxylic acids is 1. The average molecular weight is 422 g/mol. The standard InChI is InChI=1S/C24H35NO3.ClH/c1-16(19-8-6-5-7-9-19)25-20(21(26)28-22(2,3)4)23-11-17-10-18(12-23)14-24(27,13-17)15-23;/h5-9,16-18,20,25,27H,10-15H2,1-4H3;1H/t16-,17?,18?,20-,23?,24?;/m1./s1. The molecule has 0 spiro atoms. The second-order valence-electron chi connectivity index (χ2n) is 10.8. The van der Waals surface area contributed by atoms with Crippen LogP contribution < -0.4 is 5.32 Å². The zero-order valence-corrected chi connectivity index (χ0v) is 18.9. The summed E-state index contributed by atoms with van der Waals surface area (Å²) in [4.78, 5) is 13.4. The molecule has 0 aromatic heterocycles. The Labute approximate surface area is 181 Å². The number of nitrogens with one attached hydrogen (secondary N) is 1. The van der Waals surface area contributed by atoms with Crippen LogP contribution in [0.4, 0.5) is 0 Å². The first-order valence-corrected chi connectivity index (χ1v) is 10.8. The maximum absolute atomic E-state index is 13.4. The molecule has 1 aromatic rings. The molecule has 0 aliphatic heterocycles. The number of carbonyl (C=O) groups is 1. The molecule has 5 rings (SSSR count). The minimum Gasteiger partial charge on any atom is -0.459 e. The molecule has 0 heterocycles. The van der Waals surface area contributed by atoms with Crippen molar-refractivity contribution in [3.63, 3.8) is 0 Å². The van der Waals surface area contributed by atoms with Crippen molar-refractivity contribution in [3.05, 3.63) is 35.9 Å². The maximum atomic E-state index is 13.4. The maximum Gasteiger partial charge on any atom is 0.324 e. The number of hydrogen-bond acceptors (Lipinski definition) is 4. The number of aliphatic hydroxyl groups is 1. The van der Waals surface area contributed by atoms with E-state index in [1.807, 2.05) is 39.0 Å². The molecule has 4 atom stereocenters. The highest BCUT2D eigenvalue weighted by Crippen LogP contribution is 2.63. The van der Waals surface area contributed by atoms with Gasteiger partial charge in [-0.2, -0.15) is 0 Å². The molecule has 4 aliphatic carbocycles. The quantitative estimate of drug-likeness (QED) is 0.670. The van der Waals surface area contributed by atoms with Crippen molar-refractivity contribution in [1.82, 2.24) is 5.32 Å². The van der Waals surface area contributed by atoms with Crippen LogP contribution >= 0.6 is 12.4 Å². The Morgan fingerprint density at radius 3 is 2.24 bits per heavy atom. The van der Waals surface area contributed by atoms with Crippen molar-refractivity contribution in [2.75, 3.05) is 0 Å². The monoisotopic (exact) mass is 421 g/mol. The zero-order valence-electron chi connectivity index (χ0n) is 18.1. The van der Waals surface area contributed by atoms with Gasteiger partial charge in [0.1, 0.15) is 11.6 Å². The van der Waals surface area contributed by atoms with Crippen LogP contribution in [0.1, 0.15) is 77.8 Å². The van der Waals surface area contributed by atoms with Gasteiger partial charge in [-0.15, -0.1) is 12.4 Å². The Kier molecular flexibility index (Phi) is 6.12. The van der Waals surface area contributed by atoms with Crippen molar-refractivity contribution in [2.45, 2.75) is 89.5 Å². The summed E-state index contributed by atoms with van der Waals surface area (Å²) in [5.74, 6) is 0.899. The number of rotatable bonds is 5. The second-order valence-corrected chi connectivity index (χ2v) is 10.8. The fraction of sp³-hybridized carbons (Fsp3) is 0.708. The summed E-state index contributed by atoms with van der Waals surface area (Å²) >= 11 is 0. The fourth-order valence-corrected chi connectivity index (χ4v) is 6.57. The van der Waals surface area contributed by atoms with Gasteiger partial charge in [0.2, 0.25) is 0 Å². The first kappa shape index (κ1) is 22.6. The highest BCUT2D eigenvalue weighted by atomic mass is 35.5. The predicted octanol–water partition coefficient (Wildman–Crippen LogP) is 4.80. The molecule has 29 heavy (non-hydrogen) atoms. The van der Waals surface area contributed by atoms with E-state index < -0.39 is 11.2 Å². The Hall–Kier alpha value is -1.10. The van der Waals surface area contributed by atoms with E-state index in [0.29, 0.717) is 18.3 Å². The molecule has 4 aliphatic rings. The third kappa shape index (κ3) is 4.65. The minimum atomic E-state index is -0.595. The van der Waals surface area contributed by atoms with Crippen molar-refractivity contribution in [3.8, 4) is 0 Å². The lowest BCUT2D eigenvalue weighted by atomic mass is 9.46. The Morgan fingerprint density at radius 2 is 1.72 bits per heavy atom. The number of hydrogen-bond donors (Lipinski definition) is 2. The van der Waals surface area contributed by atoms with Crippen molar-refractivity contribution in [1.29, 1.82) is 0 Å². The van der Waals surface area contributed by atoms with Gasteiger partial charge in [0, 0.05) is 6.04 Å². The molecular formula is C24H36ClNO3. The van der Waals surface area contributed by atoms with Gasteiger partial charge < -0.3 is 9.84 Å². The lowest BCUT2D eigenvalue weighted by molar-refractivity contribution is -0.191. The van der Waals surface area contributed by atoms with E-state index in [-0.39, 0.29) is 35.9 Å². The molecule has 4 bridgehead atoms. The SMILES string of the molecule is C[C@@H](N[C@H](C(=O)OC(C)(C)C)C12CC3CC(CC(O)(C3)C1)C2)c1ccccc1.Cl. The van der Waals surface area contributed by atoms with E-state index in [9.17, 15) is 9.90 Å². The number of ether oxygens (including phenoxy) is 1. The molecular weight excluding hydrogens is 386 g/mol. The van der Waals surface area contributed by atoms with Gasteiger partial charge in [-0.3, -0.25) is 10.1 Å². The van der Waals surface area contributed by atoms with Crippen molar-refractivity contribution >= 4 is 18.4 Å². The van der Waals surface area contributed by atoms with Crippen molar-refractivity contribution in [2.24, 2.45) is 17.3 Å². The normalized spacial score (nSPS) is 34.9. The highest BCUT2D eigenvalue weighted by molar-refractivity contribution is 5.85. The third-order valence-electron chi connectivity index (χ3n) is 7.05. The zero-order chi connectivity index (χ0) is 20.2. The molecule has 2 N–H and O–H groups in total. The van der Waals surface area contributed by atoms with E-state index in [0.717, 1.165) is 25.7 Å². The first-order valence-electron chi connectivity index (χ1n) is 10.8. The van der Waals surface area contributed by atoms with Crippen LogP contribution in [-0.2, 0) is 9.53 Å². The van der Waals surface area contributed by atoms with Gasteiger partial charge in [0.15, 0.2) is 0 Å². The van der Waals surface area contributed by atoms with Crippen LogP contribution in [0.25, 0.3) is 0 Å². The third-order valence-corrected chi connectivity index (χ3v) is 7.05. The van der Waals surface area contributed by atoms with E-state index >= 15 is 0 Å². The topological polar surface area (TPSA) is 58.6 Å². The molecule has 4 fully saturated rings. The summed E-state index contributed by atoms with van der Waals surface area (Å²) in [5, 5.41) is 14.8. The number of benzene rings is 1. The van der Waals surface area contributed by atoms with E-state index in [1.165, 1.54) is 12.0 Å². The summed E-state index contributed by atoms with van der Waals surface area (Å²) in [5.41, 5.74) is -0.155. The van der Waals surface area contributed by atoms with E-state index in [4.69, 9.17) is 4.74 Å². The smallest absolute Gasteiger partial charge is 0.324 e. The molecule has 4 saturated carbocycles. The largest absolute Gasteiger partial charge is 0.459 e. The molecule has 2 unspecified atom stereocenters. The lowest BCUT2D eigenvalue weighted by Crippen LogP contribution is -2.64. The summed E-state index contributed by atoms with van der Waals surface area (Å²) in [6.07, 6.45) is 5.76. The first-order chi connectivity index (χ1) is 13.1. The average Bonchev–Trinajstić information content (AvgIpc) is 2.56. The molecule has 0 saturated heterocycles. The Bertz CT molecular complexity index is 715. The van der Waals surface area contributed by atoms with Crippen LogP contribution in [0.5, 0.6) is 0 Å². The minimum absolute atomic E-state index is 0. The molecule has 1 aromatic carbocycles. The molecule has 0 amide bonds. The lowest BCUT2D eigenvalue weighted by Gasteiger charge is -2.62. The van der Waals surface area contributed by atoms with Crippen LogP contribution in [-0.4, -0.2) is 28.3 Å². The summed E-state index contributed by atoms with van der Waals surface area (Å²) in [7, 11) is 0. The predicted molar refractivity (Wildman–Crippen MR) is 117 cm³/mol. The molecule has 162 valence electrons. The Balaban J connectivity index is 0.00000240. The van der Waals surface area contributed by atoms with Gasteiger partial charge >= 0.3 is 5.97 Å². The highest BCUT2D eigenvalue weighted by Gasteiger charge is 2.61. The van der Waals surface area contributed by atoms with E-state index in [2.05, 4.69) is 24.4 Å². The van der Waals surface area contributed by atoms with E-state index in [1.54, 1.807) is 0 Å². The molecule has 0 radical (unpaired) electrons. The number of esters is 1. The summed E-state index contributed by atoms with van der Waals surface area (Å²) in [6.45, 7) is 7.89. The van der Waals surface area contributed by atoms with Crippen LogP contribution in [0, 0.1) is 17.3 Å². The van der Waals surface area contributed by atoms with Crippen LogP contribution in [0.15, 0.2) is 30.3 Å². The van der Waals surface area contributed by atoms with Gasteiger partial charge in [0.05, 0.1) is 5.60 Å². The summed E-state index contributed by atoms with van der Waals surface area (Å²) in [6, 6.07) is 9.91. The van der Waals surface area contributed by atoms with Gasteiger partial charge in [-0.05, 0) is 89.0 Å². The van der Waals surface area contributed by atoms with Gasteiger partial charge in [-0.1, -0.05) is 30.3 Å². The van der Waals surface area contributed by atoms with Gasteiger partial charge in [-0.25, -0.2) is 0 Å². The van der Waals surface area contributed by atoms with Crippen molar-refractivity contribution < 1.29 is 14.6 Å². The molecule has 4 nitrogen and oxygen atoms in total. The van der Waals surface area contributed by atoms with Gasteiger partial charge in [0.25, 0.3) is 0 Å². The Morgan fingerprint density at radius 1 is 1.14 bits per heavy atom. The fourth-order valence-electron chi connectivity index (χ4n) is 6.57.